The number of aliphatic hydroxyl groups is 1. The maximum absolute atomic E-state index is 10.9. The predicted molar refractivity (Wildman–Crippen MR) is 80.5 cm³/mol. The second kappa shape index (κ2) is 6.22. The highest BCUT2D eigenvalue weighted by atomic mass is 16.5. The van der Waals surface area contributed by atoms with Crippen molar-refractivity contribution in [3.63, 3.8) is 0 Å². The molecule has 0 spiro atoms. The molecule has 1 aliphatic rings. The number of hydrogen-bond acceptors (Lipinski definition) is 4. The second-order valence-electron chi connectivity index (χ2n) is 6.07. The van der Waals surface area contributed by atoms with Crippen molar-refractivity contribution in [2.24, 2.45) is 5.73 Å². The fourth-order valence-corrected chi connectivity index (χ4v) is 3.00. The fraction of sp³-hybridized carbons (Fsp3) is 0.625. The summed E-state index contributed by atoms with van der Waals surface area (Å²) in [6.07, 6.45) is 2.15. The number of rotatable bonds is 5. The van der Waals surface area contributed by atoms with Crippen molar-refractivity contribution in [2.75, 3.05) is 33.3 Å². The highest BCUT2D eigenvalue weighted by Crippen LogP contribution is 2.27. The van der Waals surface area contributed by atoms with Crippen LogP contribution in [0.25, 0.3) is 0 Å². The lowest BCUT2D eigenvalue weighted by molar-refractivity contribution is -0.0746. The molecule has 2 atom stereocenters. The predicted octanol–water partition coefficient (Wildman–Crippen LogP) is 1.33. The van der Waals surface area contributed by atoms with Gasteiger partial charge in [-0.3, -0.25) is 4.90 Å². The lowest BCUT2D eigenvalue weighted by Crippen LogP contribution is -2.53. The molecule has 1 aromatic carbocycles. The molecule has 2 unspecified atom stereocenters. The van der Waals surface area contributed by atoms with Gasteiger partial charge in [0.2, 0.25) is 0 Å². The summed E-state index contributed by atoms with van der Waals surface area (Å²) in [4.78, 5) is 2.26. The monoisotopic (exact) mass is 278 g/mol. The van der Waals surface area contributed by atoms with E-state index in [-0.39, 0.29) is 12.1 Å². The van der Waals surface area contributed by atoms with E-state index in [1.807, 2.05) is 30.3 Å². The molecule has 1 heterocycles. The van der Waals surface area contributed by atoms with Crippen LogP contribution in [0.1, 0.15) is 25.3 Å². The molecular formula is C16H26N2O2. The SMILES string of the molecule is COC1(C)CCCN(CC(O)(CN)c2ccccc2)C1. The molecule has 4 heteroatoms. The molecule has 0 amide bonds. The third-order valence-electron chi connectivity index (χ3n) is 4.36. The maximum atomic E-state index is 10.9. The molecule has 0 aromatic heterocycles. The summed E-state index contributed by atoms with van der Waals surface area (Å²) in [5.74, 6) is 0. The van der Waals surface area contributed by atoms with Crippen molar-refractivity contribution < 1.29 is 9.84 Å². The van der Waals surface area contributed by atoms with Crippen LogP contribution in [0.15, 0.2) is 30.3 Å². The first-order valence-corrected chi connectivity index (χ1v) is 7.27. The molecule has 2 rings (SSSR count). The highest BCUT2D eigenvalue weighted by molar-refractivity contribution is 5.23. The number of β-amino-alcohol motifs (C(OH)–C–C–N with tert-alkyl or cyclic N) is 1. The number of nitrogens with zero attached hydrogens (tertiary/aromatic N) is 1. The first-order chi connectivity index (χ1) is 9.51. The van der Waals surface area contributed by atoms with Gasteiger partial charge >= 0.3 is 0 Å². The third kappa shape index (κ3) is 3.38. The topological polar surface area (TPSA) is 58.7 Å². The molecule has 0 radical (unpaired) electrons. The lowest BCUT2D eigenvalue weighted by atomic mass is 9.90. The van der Waals surface area contributed by atoms with Crippen LogP contribution in [0.4, 0.5) is 0 Å². The van der Waals surface area contributed by atoms with Crippen molar-refractivity contribution in [1.29, 1.82) is 0 Å². The maximum Gasteiger partial charge on any atom is 0.114 e. The van der Waals surface area contributed by atoms with E-state index in [9.17, 15) is 5.11 Å². The van der Waals surface area contributed by atoms with Crippen LogP contribution < -0.4 is 5.73 Å². The smallest absolute Gasteiger partial charge is 0.114 e. The summed E-state index contributed by atoms with van der Waals surface area (Å²) < 4.78 is 5.61. The number of ether oxygens (including phenoxy) is 1. The normalized spacial score (nSPS) is 27.2. The molecule has 1 aromatic rings. The molecule has 20 heavy (non-hydrogen) atoms. The van der Waals surface area contributed by atoms with Crippen LogP contribution in [0.2, 0.25) is 0 Å². The molecule has 1 fully saturated rings. The molecule has 3 N–H and O–H groups in total. The largest absolute Gasteiger partial charge is 0.382 e. The Morgan fingerprint density at radius 3 is 2.70 bits per heavy atom. The Hall–Kier alpha value is -0.940. The van der Waals surface area contributed by atoms with Gasteiger partial charge in [0, 0.05) is 26.7 Å². The van der Waals surface area contributed by atoms with Gasteiger partial charge in [-0.1, -0.05) is 30.3 Å². The Bertz CT molecular complexity index is 426. The zero-order valence-corrected chi connectivity index (χ0v) is 12.5. The van der Waals surface area contributed by atoms with Gasteiger partial charge in [0.15, 0.2) is 0 Å². The average molecular weight is 278 g/mol. The van der Waals surface area contributed by atoms with Gasteiger partial charge in [0.1, 0.15) is 5.60 Å². The third-order valence-corrected chi connectivity index (χ3v) is 4.36. The number of piperidine rings is 1. The molecule has 1 saturated heterocycles. The van der Waals surface area contributed by atoms with E-state index in [2.05, 4.69) is 11.8 Å². The van der Waals surface area contributed by atoms with Crippen LogP contribution in [-0.4, -0.2) is 48.9 Å². The number of nitrogens with two attached hydrogens (primary N) is 1. The van der Waals surface area contributed by atoms with E-state index in [0.717, 1.165) is 31.5 Å². The highest BCUT2D eigenvalue weighted by Gasteiger charge is 2.36. The van der Waals surface area contributed by atoms with Crippen molar-refractivity contribution in [3.8, 4) is 0 Å². The number of hydrogen-bond donors (Lipinski definition) is 2. The van der Waals surface area contributed by atoms with Gasteiger partial charge in [0.25, 0.3) is 0 Å². The number of benzene rings is 1. The van der Waals surface area contributed by atoms with E-state index < -0.39 is 5.60 Å². The Balaban J connectivity index is 2.10. The molecule has 4 nitrogen and oxygen atoms in total. The van der Waals surface area contributed by atoms with Gasteiger partial charge in [0.05, 0.1) is 5.60 Å². The Morgan fingerprint density at radius 1 is 1.40 bits per heavy atom. The molecule has 0 saturated carbocycles. The van der Waals surface area contributed by atoms with Crippen molar-refractivity contribution >= 4 is 0 Å². The number of likely N-dealkylation sites (tertiary alicyclic amines) is 1. The Kier molecular flexibility index (Phi) is 4.81. The second-order valence-corrected chi connectivity index (χ2v) is 6.07. The average Bonchev–Trinajstić information content (AvgIpc) is 2.48. The first-order valence-electron chi connectivity index (χ1n) is 7.27. The minimum absolute atomic E-state index is 0.121. The zero-order chi connectivity index (χ0) is 14.6. The molecule has 112 valence electrons. The van der Waals surface area contributed by atoms with Crippen molar-refractivity contribution in [3.05, 3.63) is 35.9 Å². The van der Waals surface area contributed by atoms with Crippen LogP contribution in [0, 0.1) is 0 Å². The Morgan fingerprint density at radius 2 is 2.10 bits per heavy atom. The minimum Gasteiger partial charge on any atom is -0.382 e. The summed E-state index contributed by atoms with van der Waals surface area (Å²) in [5.41, 5.74) is 5.62. The minimum atomic E-state index is -0.993. The van der Waals surface area contributed by atoms with Gasteiger partial charge in [-0.15, -0.1) is 0 Å². The summed E-state index contributed by atoms with van der Waals surface area (Å²) in [6, 6.07) is 9.69. The molecule has 1 aliphatic heterocycles. The summed E-state index contributed by atoms with van der Waals surface area (Å²) in [5, 5.41) is 10.9. The van der Waals surface area contributed by atoms with Gasteiger partial charge in [-0.25, -0.2) is 0 Å². The van der Waals surface area contributed by atoms with Crippen LogP contribution in [0.3, 0.4) is 0 Å². The van der Waals surface area contributed by atoms with Crippen molar-refractivity contribution in [2.45, 2.75) is 31.0 Å². The fourth-order valence-electron chi connectivity index (χ4n) is 3.00. The molecule has 0 aliphatic carbocycles. The van der Waals surface area contributed by atoms with Gasteiger partial charge < -0.3 is 15.6 Å². The Labute approximate surface area is 121 Å². The molecular weight excluding hydrogens is 252 g/mol. The van der Waals surface area contributed by atoms with Gasteiger partial charge in [-0.05, 0) is 31.9 Å². The summed E-state index contributed by atoms with van der Waals surface area (Å²) in [6.45, 7) is 4.71. The van der Waals surface area contributed by atoms with E-state index >= 15 is 0 Å². The van der Waals surface area contributed by atoms with E-state index in [4.69, 9.17) is 10.5 Å². The zero-order valence-electron chi connectivity index (χ0n) is 12.5. The van der Waals surface area contributed by atoms with Crippen molar-refractivity contribution in [1.82, 2.24) is 4.90 Å². The van der Waals surface area contributed by atoms with Gasteiger partial charge in [-0.2, -0.15) is 0 Å². The van der Waals surface area contributed by atoms with E-state index in [0.29, 0.717) is 6.54 Å². The van der Waals surface area contributed by atoms with Crippen LogP contribution >= 0.6 is 0 Å². The van der Waals surface area contributed by atoms with E-state index in [1.165, 1.54) is 0 Å². The van der Waals surface area contributed by atoms with E-state index in [1.54, 1.807) is 7.11 Å². The summed E-state index contributed by atoms with van der Waals surface area (Å²) >= 11 is 0. The quantitative estimate of drug-likeness (QED) is 0.853. The standard InChI is InChI=1S/C16H26N2O2/c1-15(20-2)9-6-10-18(12-15)13-16(19,11-17)14-7-4-3-5-8-14/h3-5,7-8,19H,6,9-13,17H2,1-2H3. The lowest BCUT2D eigenvalue weighted by Gasteiger charge is -2.42. The summed E-state index contributed by atoms with van der Waals surface area (Å²) in [7, 11) is 1.76. The first kappa shape index (κ1) is 15.4. The number of methoxy groups -OCH3 is 1. The molecule has 0 bridgehead atoms. The van der Waals surface area contributed by atoms with Crippen LogP contribution in [0.5, 0.6) is 0 Å². The van der Waals surface area contributed by atoms with Crippen LogP contribution in [-0.2, 0) is 10.3 Å².